The van der Waals surface area contributed by atoms with E-state index in [1.807, 2.05) is 6.07 Å². The van der Waals surface area contributed by atoms with E-state index in [1.165, 1.54) is 7.11 Å². The van der Waals surface area contributed by atoms with Crippen molar-refractivity contribution in [2.75, 3.05) is 17.7 Å². The van der Waals surface area contributed by atoms with Crippen molar-refractivity contribution in [3.8, 4) is 5.95 Å². The van der Waals surface area contributed by atoms with Crippen LogP contribution in [0.15, 0.2) is 41.1 Å². The van der Waals surface area contributed by atoms with Gasteiger partial charge >= 0.3 is 5.97 Å². The molecule has 2 aromatic heterocycles. The molecule has 11 heteroatoms. The van der Waals surface area contributed by atoms with Crippen LogP contribution >= 0.6 is 11.3 Å². The minimum atomic E-state index is -0.695. The van der Waals surface area contributed by atoms with Crippen molar-refractivity contribution in [1.29, 1.82) is 0 Å². The molecule has 0 fully saturated rings. The fourth-order valence-corrected chi connectivity index (χ4v) is 3.63. The summed E-state index contributed by atoms with van der Waals surface area (Å²) in [4.78, 5) is 37.4. The summed E-state index contributed by atoms with van der Waals surface area (Å²) in [5.41, 5.74) is 1.05. The highest BCUT2D eigenvalue weighted by Gasteiger charge is 2.27. The summed E-state index contributed by atoms with van der Waals surface area (Å²) < 4.78 is 10.2. The van der Waals surface area contributed by atoms with Crippen LogP contribution in [0.3, 0.4) is 0 Å². The van der Waals surface area contributed by atoms with E-state index >= 15 is 0 Å². The monoisotopic (exact) mass is 416 g/mol. The topological polar surface area (TPSA) is 137 Å². The van der Waals surface area contributed by atoms with Crippen LogP contribution in [0.2, 0.25) is 0 Å². The lowest BCUT2D eigenvalue weighted by Crippen LogP contribution is -2.41. The van der Waals surface area contributed by atoms with Gasteiger partial charge in [0, 0.05) is 5.69 Å². The molecule has 0 spiro atoms. The molecule has 0 unspecified atom stereocenters. The number of amides is 2. The smallest absolute Gasteiger partial charge is 0.341 e. The van der Waals surface area contributed by atoms with E-state index in [2.05, 4.69) is 20.4 Å². The number of nitrogens with zero attached hydrogens (tertiary/aromatic N) is 2. The number of carbonyl (C=O) groups excluding carboxylic acids is 3. The van der Waals surface area contributed by atoms with Gasteiger partial charge in [0.05, 0.1) is 22.8 Å². The number of para-hydroxylation sites is 1. The van der Waals surface area contributed by atoms with Crippen molar-refractivity contribution in [1.82, 2.24) is 5.27 Å². The van der Waals surface area contributed by atoms with Crippen LogP contribution in [0.25, 0.3) is 0 Å². The second-order valence-corrected chi connectivity index (χ2v) is 6.86. The number of thiophene rings is 1. The predicted octanol–water partition coefficient (Wildman–Crippen LogP) is 1.08. The number of hydrogen-bond acceptors (Lipinski definition) is 8. The first-order chi connectivity index (χ1) is 13.9. The van der Waals surface area contributed by atoms with E-state index in [0.29, 0.717) is 11.3 Å². The molecule has 1 aromatic carbocycles. The van der Waals surface area contributed by atoms with Crippen LogP contribution in [0.4, 0.5) is 10.7 Å². The molecule has 0 bridgehead atoms. The maximum Gasteiger partial charge on any atom is 0.341 e. The Morgan fingerprint density at radius 2 is 1.97 bits per heavy atom. The largest absolute Gasteiger partial charge is 0.539 e. The lowest BCUT2D eigenvalue weighted by molar-refractivity contribution is -0.750. The SMILES string of the molecule is COC(=O)c1c(NC(=O)C[n+]2cc([O-])on2)sc(C(=O)Nc2ccccc2)c1C. The second kappa shape index (κ2) is 8.52. The van der Waals surface area contributed by atoms with Gasteiger partial charge in [0.15, 0.2) is 0 Å². The van der Waals surface area contributed by atoms with Crippen LogP contribution in [-0.4, -0.2) is 30.2 Å². The molecule has 0 aliphatic heterocycles. The van der Waals surface area contributed by atoms with Gasteiger partial charge < -0.3 is 25.0 Å². The summed E-state index contributed by atoms with van der Waals surface area (Å²) >= 11 is 0.942. The molecule has 10 nitrogen and oxygen atoms in total. The standard InChI is InChI=1S/C18H16N4O6S/c1-10-14(18(26)27-2)17(20-12(23)8-22-9-13(24)28-21-22)29-15(10)16(25)19-11-6-4-3-5-7-11/h3-7,9H,8H2,1-2H3,(H2-,19,20,21,23,24,25,26). The number of carbonyl (C=O) groups is 3. The van der Waals surface area contributed by atoms with Crippen LogP contribution < -0.4 is 20.4 Å². The van der Waals surface area contributed by atoms with E-state index in [0.717, 1.165) is 22.2 Å². The van der Waals surface area contributed by atoms with Crippen molar-refractivity contribution in [2.24, 2.45) is 0 Å². The van der Waals surface area contributed by atoms with E-state index in [-0.39, 0.29) is 22.0 Å². The summed E-state index contributed by atoms with van der Waals surface area (Å²) in [5, 5.41) is 19.8. The summed E-state index contributed by atoms with van der Waals surface area (Å²) in [5.74, 6) is -2.38. The Morgan fingerprint density at radius 3 is 2.59 bits per heavy atom. The number of aromatic nitrogens is 2. The molecule has 0 aliphatic carbocycles. The van der Waals surface area contributed by atoms with E-state index in [1.54, 1.807) is 31.2 Å². The van der Waals surface area contributed by atoms with Crippen LogP contribution in [0, 0.1) is 6.92 Å². The molecule has 0 saturated heterocycles. The van der Waals surface area contributed by atoms with Gasteiger partial charge in [0.25, 0.3) is 18.4 Å². The van der Waals surface area contributed by atoms with Crippen molar-refractivity contribution >= 4 is 39.8 Å². The minimum absolute atomic E-state index is 0.0822. The number of esters is 1. The first-order valence-corrected chi connectivity index (χ1v) is 9.12. The molecule has 0 aliphatic rings. The quantitative estimate of drug-likeness (QED) is 0.453. The number of rotatable bonds is 6. The third-order valence-electron chi connectivity index (χ3n) is 3.82. The predicted molar refractivity (Wildman–Crippen MR) is 99.6 cm³/mol. The Labute approximate surface area is 168 Å². The van der Waals surface area contributed by atoms with Gasteiger partial charge in [-0.2, -0.15) is 0 Å². The minimum Gasteiger partial charge on any atom is -0.539 e. The fourth-order valence-electron chi connectivity index (χ4n) is 2.52. The zero-order chi connectivity index (χ0) is 21.0. The van der Waals surface area contributed by atoms with Crippen molar-refractivity contribution in [3.05, 3.63) is 52.5 Å². The number of ether oxygens (including phenoxy) is 1. The second-order valence-electron chi connectivity index (χ2n) is 5.84. The average molecular weight is 416 g/mol. The molecule has 0 saturated carbocycles. The van der Waals surface area contributed by atoms with Gasteiger partial charge in [-0.15, -0.1) is 11.3 Å². The summed E-state index contributed by atoms with van der Waals surface area (Å²) in [6.07, 6.45) is 1.01. The summed E-state index contributed by atoms with van der Waals surface area (Å²) in [6.45, 7) is 1.28. The van der Waals surface area contributed by atoms with Crippen LogP contribution in [0.1, 0.15) is 25.6 Å². The first-order valence-electron chi connectivity index (χ1n) is 8.30. The normalized spacial score (nSPS) is 10.4. The Kier molecular flexibility index (Phi) is 5.88. The van der Waals surface area contributed by atoms with E-state index < -0.39 is 23.7 Å². The van der Waals surface area contributed by atoms with Crippen LogP contribution in [-0.2, 0) is 16.1 Å². The Balaban J connectivity index is 1.85. The molecule has 29 heavy (non-hydrogen) atoms. The zero-order valence-electron chi connectivity index (χ0n) is 15.4. The van der Waals surface area contributed by atoms with Crippen molar-refractivity contribution in [3.63, 3.8) is 0 Å². The Hall–Kier alpha value is -3.73. The number of methoxy groups -OCH3 is 1. The molecule has 0 radical (unpaired) electrons. The maximum absolute atomic E-state index is 12.7. The summed E-state index contributed by atoms with van der Waals surface area (Å²) in [6, 6.07) is 8.82. The number of nitrogens with one attached hydrogen (secondary N) is 2. The molecular weight excluding hydrogens is 400 g/mol. The van der Waals surface area contributed by atoms with Gasteiger partial charge in [-0.25, -0.2) is 4.79 Å². The van der Waals surface area contributed by atoms with Crippen molar-refractivity contribution < 1.29 is 33.4 Å². The van der Waals surface area contributed by atoms with Gasteiger partial charge in [-0.05, 0) is 24.6 Å². The van der Waals surface area contributed by atoms with E-state index in [4.69, 9.17) is 4.74 Å². The number of benzene rings is 1. The molecule has 0 atom stereocenters. The molecule has 150 valence electrons. The summed E-state index contributed by atoms with van der Waals surface area (Å²) in [7, 11) is 1.20. The average Bonchev–Trinajstić information content (AvgIpc) is 3.24. The lowest BCUT2D eigenvalue weighted by atomic mass is 10.1. The van der Waals surface area contributed by atoms with Gasteiger partial charge in [0.1, 0.15) is 10.9 Å². The Bertz CT molecular complexity index is 1060. The first kappa shape index (κ1) is 20.0. The highest BCUT2D eigenvalue weighted by Crippen LogP contribution is 2.34. The van der Waals surface area contributed by atoms with Gasteiger partial charge in [-0.1, -0.05) is 22.9 Å². The molecule has 3 rings (SSSR count). The van der Waals surface area contributed by atoms with Crippen LogP contribution in [0.5, 0.6) is 5.95 Å². The molecular formula is C18H16N4O6S. The number of anilines is 2. The van der Waals surface area contributed by atoms with Crippen molar-refractivity contribution in [2.45, 2.75) is 13.5 Å². The van der Waals surface area contributed by atoms with E-state index in [9.17, 15) is 19.5 Å². The molecule has 3 aromatic rings. The zero-order valence-corrected chi connectivity index (χ0v) is 16.2. The third kappa shape index (κ3) is 4.58. The molecule has 2 amide bonds. The Morgan fingerprint density at radius 1 is 1.24 bits per heavy atom. The lowest BCUT2D eigenvalue weighted by Gasteiger charge is -2.04. The number of hydrogen-bond donors (Lipinski definition) is 2. The van der Waals surface area contributed by atoms with Gasteiger partial charge in [0.2, 0.25) is 6.20 Å². The maximum atomic E-state index is 12.7. The highest BCUT2D eigenvalue weighted by atomic mass is 32.1. The molecule has 2 heterocycles. The third-order valence-corrected chi connectivity index (χ3v) is 5.03. The highest BCUT2D eigenvalue weighted by molar-refractivity contribution is 7.18. The molecule has 2 N–H and O–H groups in total. The fraction of sp³-hybridized carbons (Fsp3) is 0.167. The van der Waals surface area contributed by atoms with Gasteiger partial charge in [-0.3, -0.25) is 9.59 Å².